The van der Waals surface area contributed by atoms with E-state index in [1.165, 1.54) is 15.9 Å². The number of rotatable bonds is 3. The molecule has 0 fully saturated rings. The first-order valence-corrected chi connectivity index (χ1v) is 6.53. The van der Waals surface area contributed by atoms with Gasteiger partial charge in [-0.25, -0.2) is 4.98 Å². The zero-order valence-electron chi connectivity index (χ0n) is 9.79. The number of hydrogen-bond acceptors (Lipinski definition) is 5. The molecule has 0 atom stereocenters. The number of thiazole rings is 1. The molecule has 3 aromatic heterocycles. The second-order valence-electron chi connectivity index (χ2n) is 3.90. The van der Waals surface area contributed by atoms with E-state index >= 15 is 0 Å². The van der Waals surface area contributed by atoms with Crippen molar-refractivity contribution in [3.05, 3.63) is 44.9 Å². The van der Waals surface area contributed by atoms with Crippen molar-refractivity contribution in [1.29, 1.82) is 0 Å². The summed E-state index contributed by atoms with van der Waals surface area (Å²) in [5.41, 5.74) is -0.138. The minimum absolute atomic E-state index is 0.138. The summed E-state index contributed by atoms with van der Waals surface area (Å²) in [6.07, 6.45) is 5.05. The minimum Gasteiger partial charge on any atom is -0.465 e. The second-order valence-corrected chi connectivity index (χ2v) is 4.91. The summed E-state index contributed by atoms with van der Waals surface area (Å²) in [5, 5.41) is 4.20. The summed E-state index contributed by atoms with van der Waals surface area (Å²) in [5.74, 6) is 1.38. The summed E-state index contributed by atoms with van der Waals surface area (Å²) in [6, 6.07) is 3.59. The monoisotopic (exact) mass is 261 g/mol. The largest absolute Gasteiger partial charge is 0.465 e. The lowest BCUT2D eigenvalue weighted by molar-refractivity contribution is 0.556. The van der Waals surface area contributed by atoms with Crippen LogP contribution in [0.1, 0.15) is 24.9 Å². The average Bonchev–Trinajstić information content (AvgIpc) is 3.02. The Morgan fingerprint density at radius 2 is 2.44 bits per heavy atom. The molecule has 0 saturated carbocycles. The van der Waals surface area contributed by atoms with E-state index < -0.39 is 0 Å². The van der Waals surface area contributed by atoms with Gasteiger partial charge in [0.25, 0.3) is 5.56 Å². The van der Waals surface area contributed by atoms with Crippen molar-refractivity contribution in [2.45, 2.75) is 19.8 Å². The van der Waals surface area contributed by atoms with Crippen LogP contribution in [0.15, 0.2) is 27.6 Å². The fourth-order valence-corrected chi connectivity index (χ4v) is 2.61. The van der Waals surface area contributed by atoms with E-state index in [4.69, 9.17) is 4.42 Å². The molecular weight excluding hydrogens is 250 g/mol. The minimum atomic E-state index is -0.138. The van der Waals surface area contributed by atoms with Crippen LogP contribution >= 0.6 is 11.3 Å². The molecular formula is C12H11N3O2S. The van der Waals surface area contributed by atoms with Gasteiger partial charge in [-0.1, -0.05) is 18.3 Å². The van der Waals surface area contributed by atoms with Gasteiger partial charge in [0.05, 0.1) is 6.26 Å². The van der Waals surface area contributed by atoms with Crippen molar-refractivity contribution in [2.75, 3.05) is 0 Å². The van der Waals surface area contributed by atoms with E-state index in [2.05, 4.69) is 17.0 Å². The maximum atomic E-state index is 12.1. The van der Waals surface area contributed by atoms with Gasteiger partial charge in [-0.15, -0.1) is 5.10 Å². The van der Waals surface area contributed by atoms with Gasteiger partial charge < -0.3 is 4.42 Å². The highest BCUT2D eigenvalue weighted by Crippen LogP contribution is 2.05. The molecule has 0 aliphatic heterocycles. The summed E-state index contributed by atoms with van der Waals surface area (Å²) >= 11 is 1.33. The molecule has 18 heavy (non-hydrogen) atoms. The topological polar surface area (TPSA) is 60.4 Å². The van der Waals surface area contributed by atoms with Crippen LogP contribution in [0, 0.1) is 0 Å². The highest BCUT2D eigenvalue weighted by Gasteiger charge is 2.09. The van der Waals surface area contributed by atoms with E-state index in [1.54, 1.807) is 24.5 Å². The predicted octanol–water partition coefficient (Wildman–Crippen LogP) is 1.24. The lowest BCUT2D eigenvalue weighted by Crippen LogP contribution is -2.23. The Labute approximate surface area is 106 Å². The summed E-state index contributed by atoms with van der Waals surface area (Å²) in [4.78, 5) is 17.0. The van der Waals surface area contributed by atoms with Crippen molar-refractivity contribution >= 4 is 22.4 Å². The molecule has 0 saturated heterocycles. The number of fused-ring (bicyclic) bond motifs is 1. The highest BCUT2D eigenvalue weighted by molar-refractivity contribution is 7.15. The van der Waals surface area contributed by atoms with Crippen LogP contribution in [0.3, 0.4) is 0 Å². The lowest BCUT2D eigenvalue weighted by Gasteiger charge is -1.84. The molecule has 0 N–H and O–H groups in total. The third-order valence-electron chi connectivity index (χ3n) is 2.52. The molecule has 3 heterocycles. The first-order chi connectivity index (χ1) is 8.78. The van der Waals surface area contributed by atoms with Gasteiger partial charge in [-0.2, -0.15) is 4.52 Å². The molecule has 92 valence electrons. The van der Waals surface area contributed by atoms with Crippen LogP contribution < -0.4 is 10.1 Å². The zero-order valence-corrected chi connectivity index (χ0v) is 10.6. The van der Waals surface area contributed by atoms with E-state index in [0.717, 1.165) is 18.7 Å². The van der Waals surface area contributed by atoms with Gasteiger partial charge >= 0.3 is 0 Å². The van der Waals surface area contributed by atoms with Gasteiger partial charge in [0.1, 0.15) is 10.3 Å². The Morgan fingerprint density at radius 1 is 1.56 bits per heavy atom. The molecule has 3 aromatic rings. The molecule has 5 nitrogen and oxygen atoms in total. The quantitative estimate of drug-likeness (QED) is 0.712. The smallest absolute Gasteiger partial charge is 0.291 e. The molecule has 0 aliphatic carbocycles. The van der Waals surface area contributed by atoms with Crippen LogP contribution in [-0.2, 0) is 6.42 Å². The number of nitrogens with zero attached hydrogens (tertiary/aromatic N) is 3. The molecule has 0 unspecified atom stereocenters. The molecule has 0 spiro atoms. The van der Waals surface area contributed by atoms with Gasteiger partial charge in [-0.05, 0) is 18.6 Å². The second kappa shape index (κ2) is 4.38. The molecule has 0 bridgehead atoms. The maximum absolute atomic E-state index is 12.1. The molecule has 0 aliphatic rings. The Hall–Kier alpha value is -1.95. The third kappa shape index (κ3) is 1.84. The van der Waals surface area contributed by atoms with Gasteiger partial charge in [0.15, 0.2) is 5.82 Å². The SMILES string of the molecule is CCCc1nc2s/c(=C\c3ccco3)c(=O)n2n1. The lowest BCUT2D eigenvalue weighted by atomic mass is 10.3. The first kappa shape index (κ1) is 11.2. The number of aromatic nitrogens is 3. The van der Waals surface area contributed by atoms with Crippen LogP contribution in [0.4, 0.5) is 0 Å². The normalized spacial score (nSPS) is 12.6. The Kier molecular flexibility index (Phi) is 2.71. The Balaban J connectivity index is 2.13. The first-order valence-electron chi connectivity index (χ1n) is 5.71. The molecule has 3 rings (SSSR count). The fraction of sp³-hybridized carbons (Fsp3) is 0.250. The average molecular weight is 261 g/mol. The summed E-state index contributed by atoms with van der Waals surface area (Å²) < 4.78 is 7.14. The molecule has 0 radical (unpaired) electrons. The van der Waals surface area contributed by atoms with E-state index in [1.807, 2.05) is 0 Å². The van der Waals surface area contributed by atoms with E-state index in [0.29, 0.717) is 15.3 Å². The predicted molar refractivity (Wildman–Crippen MR) is 68.6 cm³/mol. The highest BCUT2D eigenvalue weighted by atomic mass is 32.1. The number of furan rings is 1. The fourth-order valence-electron chi connectivity index (χ4n) is 1.71. The zero-order chi connectivity index (χ0) is 12.5. The molecule has 0 aromatic carbocycles. The van der Waals surface area contributed by atoms with Gasteiger partial charge in [-0.3, -0.25) is 4.79 Å². The van der Waals surface area contributed by atoms with Crippen LogP contribution in [0.5, 0.6) is 0 Å². The standard InChI is InChI=1S/C12H11N3O2S/c1-2-4-10-13-12-15(14-10)11(16)9(18-12)7-8-5-3-6-17-8/h3,5-7H,2,4H2,1H3/b9-7-. The third-order valence-corrected chi connectivity index (χ3v) is 3.48. The Morgan fingerprint density at radius 3 is 3.11 bits per heavy atom. The summed E-state index contributed by atoms with van der Waals surface area (Å²) in [7, 11) is 0. The van der Waals surface area contributed by atoms with Crippen LogP contribution in [0.25, 0.3) is 11.0 Å². The maximum Gasteiger partial charge on any atom is 0.291 e. The van der Waals surface area contributed by atoms with Crippen molar-refractivity contribution in [2.24, 2.45) is 0 Å². The van der Waals surface area contributed by atoms with E-state index in [-0.39, 0.29) is 5.56 Å². The number of hydrogen-bond donors (Lipinski definition) is 0. The van der Waals surface area contributed by atoms with Crippen molar-refractivity contribution in [3.8, 4) is 0 Å². The summed E-state index contributed by atoms with van der Waals surface area (Å²) in [6.45, 7) is 2.06. The van der Waals surface area contributed by atoms with Crippen LogP contribution in [0.2, 0.25) is 0 Å². The van der Waals surface area contributed by atoms with Crippen LogP contribution in [-0.4, -0.2) is 14.6 Å². The number of aryl methyl sites for hydroxylation is 1. The van der Waals surface area contributed by atoms with Crippen molar-refractivity contribution in [3.63, 3.8) is 0 Å². The van der Waals surface area contributed by atoms with Crippen molar-refractivity contribution < 1.29 is 4.42 Å². The van der Waals surface area contributed by atoms with Crippen molar-refractivity contribution in [1.82, 2.24) is 14.6 Å². The van der Waals surface area contributed by atoms with Gasteiger partial charge in [0, 0.05) is 12.5 Å². The molecule has 0 amide bonds. The van der Waals surface area contributed by atoms with E-state index in [9.17, 15) is 4.79 Å². The van der Waals surface area contributed by atoms with Gasteiger partial charge in [0.2, 0.25) is 4.96 Å². The Bertz CT molecular complexity index is 770. The molecule has 6 heteroatoms.